The fourth-order valence-corrected chi connectivity index (χ4v) is 2.77. The summed E-state index contributed by atoms with van der Waals surface area (Å²) in [6.45, 7) is 6.60. The van der Waals surface area contributed by atoms with E-state index in [0.29, 0.717) is 0 Å². The molecule has 1 atom stereocenters. The highest BCUT2D eigenvalue weighted by atomic mass is 16.5. The van der Waals surface area contributed by atoms with Gasteiger partial charge in [0.25, 0.3) is 0 Å². The van der Waals surface area contributed by atoms with E-state index in [2.05, 4.69) is 11.8 Å². The minimum absolute atomic E-state index is 0.154. The molecule has 2 rings (SSSR count). The van der Waals surface area contributed by atoms with Crippen molar-refractivity contribution >= 4 is 5.91 Å². The van der Waals surface area contributed by atoms with E-state index in [-0.39, 0.29) is 18.1 Å². The molecule has 0 aliphatic carbocycles. The van der Waals surface area contributed by atoms with Crippen LogP contribution in [0.15, 0.2) is 0 Å². The summed E-state index contributed by atoms with van der Waals surface area (Å²) >= 11 is 0. The van der Waals surface area contributed by atoms with Crippen LogP contribution in [0.3, 0.4) is 0 Å². The minimum Gasteiger partial charge on any atom is -0.375 e. The van der Waals surface area contributed by atoms with Crippen molar-refractivity contribution < 1.29 is 9.53 Å². The molecule has 1 unspecified atom stereocenters. The number of hydrogen-bond acceptors (Lipinski definition) is 3. The van der Waals surface area contributed by atoms with Crippen LogP contribution in [0.1, 0.15) is 19.8 Å². The van der Waals surface area contributed by atoms with E-state index >= 15 is 0 Å². The lowest BCUT2D eigenvalue weighted by atomic mass is 9.83. The van der Waals surface area contributed by atoms with Crippen molar-refractivity contribution in [3.63, 3.8) is 0 Å². The van der Waals surface area contributed by atoms with Crippen LogP contribution in [0, 0.1) is 0 Å². The molecule has 86 valence electrons. The van der Waals surface area contributed by atoms with Gasteiger partial charge in [-0.1, -0.05) is 6.92 Å². The molecule has 0 radical (unpaired) electrons. The Bertz CT molecular complexity index is 257. The van der Waals surface area contributed by atoms with Crippen LogP contribution in [0.5, 0.6) is 0 Å². The SMILES string of the molecule is CCN1CCC2(CCN2C(=O)COC)C1. The molecule has 1 amide bonds. The van der Waals surface area contributed by atoms with Crippen molar-refractivity contribution in [3.8, 4) is 0 Å². The molecule has 2 saturated heterocycles. The lowest BCUT2D eigenvalue weighted by molar-refractivity contribution is -0.150. The summed E-state index contributed by atoms with van der Waals surface area (Å²) in [7, 11) is 1.58. The number of carbonyl (C=O) groups excluding carboxylic acids is 1. The molecule has 4 heteroatoms. The van der Waals surface area contributed by atoms with Gasteiger partial charge in [0.15, 0.2) is 0 Å². The van der Waals surface area contributed by atoms with Crippen LogP contribution in [0.25, 0.3) is 0 Å². The van der Waals surface area contributed by atoms with Gasteiger partial charge >= 0.3 is 0 Å². The second-order valence-corrected chi connectivity index (χ2v) is 4.57. The zero-order chi connectivity index (χ0) is 10.9. The van der Waals surface area contributed by atoms with Crippen LogP contribution >= 0.6 is 0 Å². The van der Waals surface area contributed by atoms with E-state index in [1.807, 2.05) is 4.90 Å². The maximum absolute atomic E-state index is 11.8. The number of likely N-dealkylation sites (N-methyl/N-ethyl adjacent to an activating group) is 1. The minimum atomic E-state index is 0.154. The Labute approximate surface area is 91.2 Å². The molecule has 0 aromatic carbocycles. The van der Waals surface area contributed by atoms with E-state index in [4.69, 9.17) is 4.74 Å². The van der Waals surface area contributed by atoms with Gasteiger partial charge in [0.1, 0.15) is 6.61 Å². The lowest BCUT2D eigenvalue weighted by Crippen LogP contribution is -2.64. The van der Waals surface area contributed by atoms with Crippen molar-refractivity contribution in [1.29, 1.82) is 0 Å². The highest BCUT2D eigenvalue weighted by Crippen LogP contribution is 2.38. The van der Waals surface area contributed by atoms with Gasteiger partial charge in [-0.05, 0) is 19.4 Å². The van der Waals surface area contributed by atoms with Crippen LogP contribution in [-0.4, -0.2) is 61.1 Å². The summed E-state index contributed by atoms with van der Waals surface area (Å²) in [6, 6.07) is 0. The maximum atomic E-state index is 11.8. The summed E-state index contributed by atoms with van der Waals surface area (Å²) in [4.78, 5) is 16.2. The van der Waals surface area contributed by atoms with E-state index in [0.717, 1.165) is 32.6 Å². The Balaban J connectivity index is 1.96. The first kappa shape index (κ1) is 10.9. The van der Waals surface area contributed by atoms with Crippen LogP contribution in [0.4, 0.5) is 0 Å². The fraction of sp³-hybridized carbons (Fsp3) is 0.909. The topological polar surface area (TPSA) is 32.8 Å². The number of likely N-dealkylation sites (tertiary alicyclic amines) is 2. The number of carbonyl (C=O) groups is 1. The van der Waals surface area contributed by atoms with E-state index in [9.17, 15) is 4.79 Å². The number of rotatable bonds is 3. The zero-order valence-corrected chi connectivity index (χ0v) is 9.66. The van der Waals surface area contributed by atoms with E-state index in [1.165, 1.54) is 6.42 Å². The predicted molar refractivity (Wildman–Crippen MR) is 57.7 cm³/mol. The van der Waals surface area contributed by atoms with Crippen LogP contribution in [-0.2, 0) is 9.53 Å². The van der Waals surface area contributed by atoms with Gasteiger partial charge in [-0.15, -0.1) is 0 Å². The third kappa shape index (κ3) is 1.76. The molecule has 0 aromatic rings. The zero-order valence-electron chi connectivity index (χ0n) is 9.66. The maximum Gasteiger partial charge on any atom is 0.249 e. The second-order valence-electron chi connectivity index (χ2n) is 4.57. The Morgan fingerprint density at radius 3 is 2.60 bits per heavy atom. The van der Waals surface area contributed by atoms with Gasteiger partial charge in [-0.25, -0.2) is 0 Å². The standard InChI is InChI=1S/C11H20N2O2/c1-3-12-6-4-11(9-12)5-7-13(11)10(14)8-15-2/h3-9H2,1-2H3. The molecular weight excluding hydrogens is 192 g/mol. The highest BCUT2D eigenvalue weighted by molar-refractivity contribution is 5.79. The average Bonchev–Trinajstić information content (AvgIpc) is 2.62. The third-order valence-corrected chi connectivity index (χ3v) is 3.80. The van der Waals surface area contributed by atoms with Gasteiger partial charge < -0.3 is 14.5 Å². The number of methoxy groups -OCH3 is 1. The number of ether oxygens (including phenoxy) is 1. The Kier molecular flexibility index (Phi) is 2.98. The van der Waals surface area contributed by atoms with Crippen molar-refractivity contribution in [3.05, 3.63) is 0 Å². The summed E-state index contributed by atoms with van der Waals surface area (Å²) in [5, 5.41) is 0. The summed E-state index contributed by atoms with van der Waals surface area (Å²) < 4.78 is 4.91. The normalized spacial score (nSPS) is 30.9. The monoisotopic (exact) mass is 212 g/mol. The summed E-state index contributed by atoms with van der Waals surface area (Å²) in [5.41, 5.74) is 0.158. The first-order chi connectivity index (χ1) is 7.22. The largest absolute Gasteiger partial charge is 0.375 e. The predicted octanol–water partition coefficient (Wildman–Crippen LogP) is 0.329. The molecule has 0 saturated carbocycles. The molecule has 0 aromatic heterocycles. The average molecular weight is 212 g/mol. The molecule has 0 bridgehead atoms. The number of amides is 1. The number of nitrogens with zero attached hydrogens (tertiary/aromatic N) is 2. The molecular formula is C11H20N2O2. The number of hydrogen-bond donors (Lipinski definition) is 0. The molecule has 15 heavy (non-hydrogen) atoms. The second kappa shape index (κ2) is 4.10. The van der Waals surface area contributed by atoms with Gasteiger partial charge in [0.2, 0.25) is 5.91 Å². The van der Waals surface area contributed by atoms with Crippen molar-refractivity contribution in [2.24, 2.45) is 0 Å². The molecule has 2 aliphatic rings. The van der Waals surface area contributed by atoms with E-state index in [1.54, 1.807) is 7.11 Å². The van der Waals surface area contributed by atoms with E-state index < -0.39 is 0 Å². The molecule has 0 N–H and O–H groups in total. The Morgan fingerprint density at radius 1 is 1.40 bits per heavy atom. The van der Waals surface area contributed by atoms with Gasteiger partial charge in [0.05, 0.1) is 5.54 Å². The summed E-state index contributed by atoms with van der Waals surface area (Å²) in [5.74, 6) is 0.154. The third-order valence-electron chi connectivity index (χ3n) is 3.80. The van der Waals surface area contributed by atoms with Crippen molar-refractivity contribution in [1.82, 2.24) is 9.80 Å². The van der Waals surface area contributed by atoms with Crippen LogP contribution in [0.2, 0.25) is 0 Å². The lowest BCUT2D eigenvalue weighted by Gasteiger charge is -2.50. The quantitative estimate of drug-likeness (QED) is 0.676. The smallest absolute Gasteiger partial charge is 0.249 e. The Hall–Kier alpha value is -0.610. The molecule has 2 heterocycles. The van der Waals surface area contributed by atoms with Gasteiger partial charge in [-0.3, -0.25) is 4.79 Å². The molecule has 1 spiro atoms. The molecule has 2 aliphatic heterocycles. The first-order valence-electron chi connectivity index (χ1n) is 5.73. The Morgan fingerprint density at radius 2 is 2.13 bits per heavy atom. The van der Waals surface area contributed by atoms with Gasteiger partial charge in [-0.2, -0.15) is 0 Å². The first-order valence-corrected chi connectivity index (χ1v) is 5.73. The van der Waals surface area contributed by atoms with Crippen molar-refractivity contribution in [2.45, 2.75) is 25.3 Å². The highest BCUT2D eigenvalue weighted by Gasteiger charge is 2.50. The molecule has 2 fully saturated rings. The van der Waals surface area contributed by atoms with Gasteiger partial charge in [0, 0.05) is 26.7 Å². The molecule has 4 nitrogen and oxygen atoms in total. The fourth-order valence-electron chi connectivity index (χ4n) is 2.77. The summed E-state index contributed by atoms with van der Waals surface area (Å²) in [6.07, 6.45) is 2.30. The van der Waals surface area contributed by atoms with Crippen molar-refractivity contribution in [2.75, 3.05) is 39.9 Å². The van der Waals surface area contributed by atoms with Crippen LogP contribution < -0.4 is 0 Å².